The highest BCUT2D eigenvalue weighted by molar-refractivity contribution is 5.38. The molecule has 0 bridgehead atoms. The molecule has 20 heavy (non-hydrogen) atoms. The van der Waals surface area contributed by atoms with Gasteiger partial charge >= 0.3 is 6.36 Å². The van der Waals surface area contributed by atoms with Crippen LogP contribution in [-0.2, 0) is 0 Å². The Balaban J connectivity index is 2.26. The van der Waals surface area contributed by atoms with Crippen LogP contribution in [0.4, 0.5) is 13.2 Å². The van der Waals surface area contributed by atoms with Crippen molar-refractivity contribution in [2.24, 2.45) is 0 Å². The van der Waals surface area contributed by atoms with E-state index in [1.54, 1.807) is 18.2 Å². The van der Waals surface area contributed by atoms with Gasteiger partial charge in [-0.3, -0.25) is 4.90 Å². The summed E-state index contributed by atoms with van der Waals surface area (Å²) in [5.74, 6) is -0.163. The lowest BCUT2D eigenvalue weighted by Crippen LogP contribution is -2.44. The molecule has 6 heteroatoms. The molecule has 2 rings (SSSR count). The van der Waals surface area contributed by atoms with Gasteiger partial charge < -0.3 is 10.1 Å². The van der Waals surface area contributed by atoms with E-state index in [0.29, 0.717) is 5.56 Å². The first-order valence-electron chi connectivity index (χ1n) is 6.43. The molecule has 1 aromatic rings. The van der Waals surface area contributed by atoms with Crippen LogP contribution < -0.4 is 10.1 Å². The number of hydrogen-bond donors (Lipinski definition) is 1. The minimum absolute atomic E-state index is 0.163. The molecular formula is C14H17F3N2O. The fourth-order valence-corrected chi connectivity index (χ4v) is 2.38. The summed E-state index contributed by atoms with van der Waals surface area (Å²) in [6, 6.07) is 5.94. The zero-order valence-corrected chi connectivity index (χ0v) is 11.0. The van der Waals surface area contributed by atoms with Gasteiger partial charge in [-0.2, -0.15) is 0 Å². The molecule has 1 aliphatic rings. The lowest BCUT2D eigenvalue weighted by atomic mass is 10.0. The number of ether oxygens (including phenoxy) is 1. The molecule has 1 heterocycles. The second kappa shape index (κ2) is 6.28. The van der Waals surface area contributed by atoms with Crippen molar-refractivity contribution in [2.45, 2.75) is 12.4 Å². The van der Waals surface area contributed by atoms with E-state index in [0.717, 1.165) is 26.2 Å². The molecule has 1 aromatic carbocycles. The highest BCUT2D eigenvalue weighted by Gasteiger charge is 2.33. The molecule has 1 atom stereocenters. The Morgan fingerprint density at radius 3 is 2.50 bits per heavy atom. The monoisotopic (exact) mass is 286 g/mol. The van der Waals surface area contributed by atoms with Crippen LogP contribution in [0.5, 0.6) is 5.75 Å². The Hall–Kier alpha value is -1.53. The van der Waals surface area contributed by atoms with Gasteiger partial charge in [-0.05, 0) is 6.07 Å². The molecule has 3 nitrogen and oxygen atoms in total. The fourth-order valence-electron chi connectivity index (χ4n) is 2.38. The Labute approximate surface area is 116 Å². The number of rotatable bonds is 4. The molecule has 1 aliphatic heterocycles. The van der Waals surface area contributed by atoms with Crippen LogP contribution in [0, 0.1) is 0 Å². The standard InChI is InChI=1S/C14H17F3N2O/c1-2-12(19-9-7-18-8-10-19)11-5-3-4-6-13(11)20-14(15,16)17/h2-6,12,18H,1,7-10H2/t12-/m0/s1. The second-order valence-corrected chi connectivity index (χ2v) is 4.55. The number of halogens is 3. The van der Waals surface area contributed by atoms with Gasteiger partial charge in [0.25, 0.3) is 0 Å². The lowest BCUT2D eigenvalue weighted by molar-refractivity contribution is -0.275. The average Bonchev–Trinajstić information content (AvgIpc) is 2.41. The predicted octanol–water partition coefficient (Wildman–Crippen LogP) is 2.72. The van der Waals surface area contributed by atoms with E-state index in [1.807, 2.05) is 0 Å². The van der Waals surface area contributed by atoms with E-state index in [2.05, 4.69) is 21.5 Å². The average molecular weight is 286 g/mol. The van der Waals surface area contributed by atoms with Crippen molar-refractivity contribution in [3.8, 4) is 5.75 Å². The zero-order chi connectivity index (χ0) is 14.6. The number of nitrogens with one attached hydrogen (secondary N) is 1. The number of nitrogens with zero attached hydrogens (tertiary/aromatic N) is 1. The van der Waals surface area contributed by atoms with Crippen LogP contribution in [0.15, 0.2) is 36.9 Å². The van der Waals surface area contributed by atoms with E-state index < -0.39 is 6.36 Å². The predicted molar refractivity (Wildman–Crippen MR) is 70.5 cm³/mol. The van der Waals surface area contributed by atoms with E-state index >= 15 is 0 Å². The highest BCUT2D eigenvalue weighted by atomic mass is 19.4. The van der Waals surface area contributed by atoms with Gasteiger partial charge in [-0.25, -0.2) is 0 Å². The summed E-state index contributed by atoms with van der Waals surface area (Å²) >= 11 is 0. The summed E-state index contributed by atoms with van der Waals surface area (Å²) in [5.41, 5.74) is 0.488. The molecule has 0 radical (unpaired) electrons. The topological polar surface area (TPSA) is 24.5 Å². The van der Waals surface area contributed by atoms with E-state index in [1.165, 1.54) is 12.1 Å². The number of benzene rings is 1. The fraction of sp³-hybridized carbons (Fsp3) is 0.429. The number of alkyl halides is 3. The van der Waals surface area contributed by atoms with Crippen molar-refractivity contribution in [3.63, 3.8) is 0 Å². The number of para-hydroxylation sites is 1. The number of hydrogen-bond acceptors (Lipinski definition) is 3. The Morgan fingerprint density at radius 2 is 1.90 bits per heavy atom. The lowest BCUT2D eigenvalue weighted by Gasteiger charge is -2.34. The van der Waals surface area contributed by atoms with Crippen molar-refractivity contribution >= 4 is 0 Å². The maximum absolute atomic E-state index is 12.5. The summed E-state index contributed by atoms with van der Waals surface area (Å²) in [6.07, 6.45) is -3.03. The summed E-state index contributed by atoms with van der Waals surface area (Å²) < 4.78 is 41.5. The summed E-state index contributed by atoms with van der Waals surface area (Å²) in [6.45, 7) is 6.90. The summed E-state index contributed by atoms with van der Waals surface area (Å²) in [5, 5.41) is 3.21. The van der Waals surface area contributed by atoms with E-state index in [9.17, 15) is 13.2 Å². The van der Waals surface area contributed by atoms with Gasteiger partial charge in [0.2, 0.25) is 0 Å². The van der Waals surface area contributed by atoms with Gasteiger partial charge in [-0.1, -0.05) is 24.3 Å². The van der Waals surface area contributed by atoms with Gasteiger partial charge in [0, 0.05) is 31.7 Å². The first kappa shape index (κ1) is 14.9. The number of piperazine rings is 1. The molecular weight excluding hydrogens is 269 g/mol. The van der Waals surface area contributed by atoms with Crippen LogP contribution in [0.2, 0.25) is 0 Å². The zero-order valence-electron chi connectivity index (χ0n) is 11.0. The Kier molecular flexibility index (Phi) is 4.67. The van der Waals surface area contributed by atoms with Crippen molar-refractivity contribution < 1.29 is 17.9 Å². The molecule has 1 fully saturated rings. The highest BCUT2D eigenvalue weighted by Crippen LogP contribution is 2.33. The van der Waals surface area contributed by atoms with Crippen molar-refractivity contribution in [1.29, 1.82) is 0 Å². The molecule has 0 saturated carbocycles. The molecule has 0 amide bonds. The Bertz CT molecular complexity index is 456. The van der Waals surface area contributed by atoms with Crippen molar-refractivity contribution in [1.82, 2.24) is 10.2 Å². The van der Waals surface area contributed by atoms with Crippen molar-refractivity contribution in [2.75, 3.05) is 26.2 Å². The normalized spacial score (nSPS) is 18.6. The molecule has 1 N–H and O–H groups in total. The maximum atomic E-state index is 12.5. The van der Waals surface area contributed by atoms with Gasteiger partial charge in [0.15, 0.2) is 0 Å². The van der Waals surface area contributed by atoms with Crippen LogP contribution in [0.1, 0.15) is 11.6 Å². The van der Waals surface area contributed by atoms with Crippen LogP contribution in [0.25, 0.3) is 0 Å². The third-order valence-electron chi connectivity index (χ3n) is 3.23. The molecule has 0 aromatic heterocycles. The summed E-state index contributed by atoms with van der Waals surface area (Å²) in [7, 11) is 0. The van der Waals surface area contributed by atoms with E-state index in [4.69, 9.17) is 0 Å². The minimum Gasteiger partial charge on any atom is -0.405 e. The summed E-state index contributed by atoms with van der Waals surface area (Å²) in [4.78, 5) is 2.09. The molecule has 0 aliphatic carbocycles. The van der Waals surface area contributed by atoms with Crippen molar-refractivity contribution in [3.05, 3.63) is 42.5 Å². The third-order valence-corrected chi connectivity index (χ3v) is 3.23. The van der Waals surface area contributed by atoms with Gasteiger partial charge in [-0.15, -0.1) is 19.8 Å². The molecule has 110 valence electrons. The molecule has 1 saturated heterocycles. The quantitative estimate of drug-likeness (QED) is 0.861. The first-order valence-corrected chi connectivity index (χ1v) is 6.43. The first-order chi connectivity index (χ1) is 9.51. The Morgan fingerprint density at radius 1 is 1.25 bits per heavy atom. The second-order valence-electron chi connectivity index (χ2n) is 4.55. The SMILES string of the molecule is C=C[C@@H](c1ccccc1OC(F)(F)F)N1CCNCC1. The maximum Gasteiger partial charge on any atom is 0.573 e. The van der Waals surface area contributed by atoms with Crippen LogP contribution >= 0.6 is 0 Å². The molecule has 0 spiro atoms. The smallest absolute Gasteiger partial charge is 0.405 e. The largest absolute Gasteiger partial charge is 0.573 e. The third kappa shape index (κ3) is 3.74. The van der Waals surface area contributed by atoms with E-state index in [-0.39, 0.29) is 11.8 Å². The molecule has 0 unspecified atom stereocenters. The van der Waals surface area contributed by atoms with Crippen LogP contribution in [0.3, 0.4) is 0 Å². The van der Waals surface area contributed by atoms with Crippen LogP contribution in [-0.4, -0.2) is 37.4 Å². The van der Waals surface area contributed by atoms with Gasteiger partial charge in [0.1, 0.15) is 5.75 Å². The van der Waals surface area contributed by atoms with Gasteiger partial charge in [0.05, 0.1) is 6.04 Å². The minimum atomic E-state index is -4.69.